The van der Waals surface area contributed by atoms with E-state index in [-0.39, 0.29) is 67.7 Å². The van der Waals surface area contributed by atoms with E-state index in [9.17, 15) is 33.6 Å². The Morgan fingerprint density at radius 3 is 1.90 bits per heavy atom. The number of thioether (sulfide) groups is 1. The number of fused-ring (bicyclic) bond motifs is 1. The van der Waals surface area contributed by atoms with E-state index < -0.39 is 77.6 Å². The molecule has 7 atom stereocenters. The first-order valence-electron chi connectivity index (χ1n) is 21.1. The predicted octanol–water partition coefficient (Wildman–Crippen LogP) is -1.05. The molecule has 2 saturated heterocycles. The molecule has 3 fully saturated rings. The monoisotopic (exact) mass is 903 g/mol. The van der Waals surface area contributed by atoms with Crippen molar-refractivity contribution in [1.82, 2.24) is 31.5 Å². The Labute approximate surface area is 370 Å². The third-order valence-corrected chi connectivity index (χ3v) is 12.7. The maximum atomic E-state index is 14.2. The molecule has 1 aromatic rings. The molecule has 1 unspecified atom stereocenters. The van der Waals surface area contributed by atoms with Crippen molar-refractivity contribution < 1.29 is 33.6 Å². The van der Waals surface area contributed by atoms with Gasteiger partial charge < -0.3 is 60.2 Å². The summed E-state index contributed by atoms with van der Waals surface area (Å²) in [6.07, 6.45) is 7.02. The number of guanidine groups is 2. The standard InChI is InChI=1S/C40H62ClN13O7S/c1-22(55)49-26(9-5-17-47-39(43)44)34(57)53-30(20-23-7-3-2-4-8-23)36(59)51-28-15-16-32-54(38(28)61)31(21-62-32)37(60)50-27(10-6-18-48-40(45)46)35(58)52-29(33(42)56)19-24-11-13-25(41)14-12-24/h11-14,23,26-32H,2-10,15-21H2,1H3,(H2,42,56)(H,49,55)(H,50,60)(H,51,59)(H,52,58)(H,53,57)(H4,43,44,47)(H4,45,46,48)/t26-,27+,28+,29+,30-,31+,32?/m0/s1. The molecule has 0 spiro atoms. The van der Waals surface area contributed by atoms with Gasteiger partial charge in [-0.3, -0.25) is 43.5 Å². The predicted molar refractivity (Wildman–Crippen MR) is 237 cm³/mol. The van der Waals surface area contributed by atoms with Gasteiger partial charge in [-0.15, -0.1) is 11.8 Å². The zero-order valence-corrected chi connectivity index (χ0v) is 36.7. The second-order valence-corrected chi connectivity index (χ2v) is 17.6. The van der Waals surface area contributed by atoms with Gasteiger partial charge in [-0.05, 0) is 68.6 Å². The lowest BCUT2D eigenvalue weighted by atomic mass is 9.84. The number of benzene rings is 1. The van der Waals surface area contributed by atoms with E-state index in [2.05, 4.69) is 36.6 Å². The second kappa shape index (κ2) is 24.4. The highest BCUT2D eigenvalue weighted by Gasteiger charge is 2.48. The highest BCUT2D eigenvalue weighted by molar-refractivity contribution is 8.00. The number of hydrogen-bond acceptors (Lipinski definition) is 10. The molecule has 62 heavy (non-hydrogen) atoms. The Balaban J connectivity index is 1.47. The largest absolute Gasteiger partial charge is 0.370 e. The minimum atomic E-state index is -1.15. The summed E-state index contributed by atoms with van der Waals surface area (Å²) in [4.78, 5) is 104. The molecule has 2 aliphatic heterocycles. The fourth-order valence-corrected chi connectivity index (χ4v) is 9.53. The summed E-state index contributed by atoms with van der Waals surface area (Å²) in [5.74, 6) is -3.87. The van der Waals surface area contributed by atoms with Crippen molar-refractivity contribution >= 4 is 76.6 Å². The van der Waals surface area contributed by atoms with Crippen LogP contribution in [0.5, 0.6) is 0 Å². The first-order chi connectivity index (χ1) is 29.5. The number of aliphatic imine (C=N–C) groups is 2. The van der Waals surface area contributed by atoms with Crippen molar-refractivity contribution in [2.75, 3.05) is 18.8 Å². The molecule has 342 valence electrons. The highest BCUT2D eigenvalue weighted by atomic mass is 35.5. The van der Waals surface area contributed by atoms with Gasteiger partial charge in [-0.1, -0.05) is 55.8 Å². The average Bonchev–Trinajstić information content (AvgIpc) is 3.66. The molecule has 1 aliphatic carbocycles. The number of rotatable bonds is 22. The molecule has 3 aliphatic rings. The van der Waals surface area contributed by atoms with Crippen LogP contribution in [0.1, 0.15) is 89.5 Å². The number of carbonyl (C=O) groups excluding carboxylic acids is 7. The molecule has 22 heteroatoms. The van der Waals surface area contributed by atoms with Gasteiger partial charge in [0, 0.05) is 37.2 Å². The van der Waals surface area contributed by atoms with Gasteiger partial charge in [-0.2, -0.15) is 0 Å². The Bertz CT molecular complexity index is 1810. The zero-order valence-electron chi connectivity index (χ0n) is 35.1. The Hall–Kier alpha value is -5.31. The van der Waals surface area contributed by atoms with E-state index in [0.29, 0.717) is 36.3 Å². The molecule has 2 heterocycles. The molecule has 1 saturated carbocycles. The van der Waals surface area contributed by atoms with Crippen LogP contribution in [-0.2, 0) is 40.0 Å². The van der Waals surface area contributed by atoms with Crippen LogP contribution in [0.15, 0.2) is 34.3 Å². The smallest absolute Gasteiger partial charge is 0.246 e. The van der Waals surface area contributed by atoms with Gasteiger partial charge >= 0.3 is 0 Å². The number of nitrogens with one attached hydrogen (secondary N) is 5. The van der Waals surface area contributed by atoms with E-state index in [1.54, 1.807) is 24.3 Å². The quantitative estimate of drug-likeness (QED) is 0.0379. The summed E-state index contributed by atoms with van der Waals surface area (Å²) in [6, 6.07) is 0.505. The minimum Gasteiger partial charge on any atom is -0.370 e. The molecule has 7 amide bonds. The van der Waals surface area contributed by atoms with E-state index >= 15 is 0 Å². The number of hydrogen-bond donors (Lipinski definition) is 10. The average molecular weight is 905 g/mol. The van der Waals surface area contributed by atoms with E-state index in [0.717, 1.165) is 32.1 Å². The third kappa shape index (κ3) is 15.5. The maximum Gasteiger partial charge on any atom is 0.246 e. The Morgan fingerprint density at radius 2 is 1.34 bits per heavy atom. The normalized spacial score (nSPS) is 20.6. The van der Waals surface area contributed by atoms with Gasteiger partial charge in [0.15, 0.2) is 11.9 Å². The van der Waals surface area contributed by atoms with Crippen molar-refractivity contribution in [3.8, 4) is 0 Å². The molecule has 20 nitrogen and oxygen atoms in total. The minimum absolute atomic E-state index is 0.0744. The van der Waals surface area contributed by atoms with Crippen LogP contribution >= 0.6 is 23.4 Å². The number of halogens is 1. The molecule has 0 aromatic heterocycles. The first-order valence-corrected chi connectivity index (χ1v) is 22.5. The lowest BCUT2D eigenvalue weighted by molar-refractivity contribution is -0.146. The Morgan fingerprint density at radius 1 is 0.758 bits per heavy atom. The second-order valence-electron chi connectivity index (χ2n) is 16.0. The SMILES string of the molecule is CC(=O)N[C@@H](CCCN=C(N)N)C(=O)N[C@@H](CC1CCCCC1)C(=O)N[C@@H]1CCC2SC[C@H](C(=O)N[C@H](CCCN=C(N)N)C(=O)N[C@H](Cc3ccc(Cl)cc3)C(N)=O)N2C1=O. The fourth-order valence-electron chi connectivity index (χ4n) is 7.97. The van der Waals surface area contributed by atoms with Crippen LogP contribution in [0.25, 0.3) is 0 Å². The number of piperidine rings is 1. The summed E-state index contributed by atoms with van der Waals surface area (Å²) < 4.78 is 0. The van der Waals surface area contributed by atoms with Crippen molar-refractivity contribution in [3.63, 3.8) is 0 Å². The van der Waals surface area contributed by atoms with Crippen molar-refractivity contribution in [3.05, 3.63) is 34.9 Å². The zero-order chi connectivity index (χ0) is 45.3. The summed E-state index contributed by atoms with van der Waals surface area (Å²) in [5, 5.41) is 14.0. The van der Waals surface area contributed by atoms with E-state index in [1.807, 2.05) is 0 Å². The number of primary amides is 1. The lowest BCUT2D eigenvalue weighted by Crippen LogP contribution is -2.62. The van der Waals surface area contributed by atoms with Crippen LogP contribution in [-0.4, -0.2) is 119 Å². The molecule has 4 rings (SSSR count). The molecule has 15 N–H and O–H groups in total. The lowest BCUT2D eigenvalue weighted by Gasteiger charge is -2.38. The van der Waals surface area contributed by atoms with Gasteiger partial charge in [0.2, 0.25) is 41.4 Å². The summed E-state index contributed by atoms with van der Waals surface area (Å²) in [7, 11) is 0. The van der Waals surface area contributed by atoms with Crippen LogP contribution in [0.2, 0.25) is 5.02 Å². The highest BCUT2D eigenvalue weighted by Crippen LogP contribution is 2.37. The van der Waals surface area contributed by atoms with Crippen LogP contribution < -0.4 is 55.3 Å². The fraction of sp³-hybridized carbons (Fsp3) is 0.625. The molecule has 0 bridgehead atoms. The van der Waals surface area contributed by atoms with Crippen molar-refractivity contribution in [2.24, 2.45) is 44.6 Å². The van der Waals surface area contributed by atoms with E-state index in [1.165, 1.54) is 23.6 Å². The number of nitrogens with two attached hydrogens (primary N) is 5. The van der Waals surface area contributed by atoms with Crippen molar-refractivity contribution in [1.29, 1.82) is 0 Å². The van der Waals surface area contributed by atoms with Gasteiger partial charge in [0.1, 0.15) is 36.3 Å². The van der Waals surface area contributed by atoms with Gasteiger partial charge in [0.25, 0.3) is 0 Å². The summed E-state index contributed by atoms with van der Waals surface area (Å²) in [6.45, 7) is 1.70. The number of carbonyl (C=O) groups is 7. The van der Waals surface area contributed by atoms with Gasteiger partial charge in [-0.25, -0.2) is 0 Å². The number of amides is 7. The molecule has 0 radical (unpaired) electrons. The van der Waals surface area contributed by atoms with Gasteiger partial charge in [0.05, 0.1) is 5.37 Å². The van der Waals surface area contributed by atoms with Crippen LogP contribution in [0.4, 0.5) is 0 Å². The summed E-state index contributed by atoms with van der Waals surface area (Å²) in [5.41, 5.74) is 28.2. The third-order valence-electron chi connectivity index (χ3n) is 11.1. The first kappa shape index (κ1) is 49.3. The Kier molecular flexibility index (Phi) is 19.4. The topological polar surface area (TPSA) is 338 Å². The van der Waals surface area contributed by atoms with Crippen LogP contribution in [0.3, 0.4) is 0 Å². The molecular weight excluding hydrogens is 842 g/mol. The van der Waals surface area contributed by atoms with E-state index in [4.69, 9.17) is 40.3 Å². The van der Waals surface area contributed by atoms with Crippen LogP contribution in [0, 0.1) is 5.92 Å². The molecule has 1 aromatic carbocycles. The summed E-state index contributed by atoms with van der Waals surface area (Å²) >= 11 is 7.43. The number of nitrogens with zero attached hydrogens (tertiary/aromatic N) is 3. The maximum absolute atomic E-state index is 14.2. The molecular formula is C40H62ClN13O7S. The van der Waals surface area contributed by atoms with Crippen molar-refractivity contribution in [2.45, 2.75) is 132 Å².